The molecule has 0 saturated carbocycles. The second-order valence-electron chi connectivity index (χ2n) is 4.09. The van der Waals surface area contributed by atoms with Gasteiger partial charge < -0.3 is 9.64 Å². The molecule has 5 nitrogen and oxygen atoms in total. The third-order valence-electron chi connectivity index (χ3n) is 2.65. The molecule has 8 heteroatoms. The second kappa shape index (κ2) is 5.12. The molecule has 104 valence electrons. The fourth-order valence-electron chi connectivity index (χ4n) is 1.75. The Morgan fingerprint density at radius 3 is 2.53 bits per heavy atom. The summed E-state index contributed by atoms with van der Waals surface area (Å²) in [4.78, 5) is 20.5. The molecule has 1 aromatic rings. The summed E-state index contributed by atoms with van der Waals surface area (Å²) in [6.45, 7) is 2.78. The molecule has 0 atom stereocenters. The van der Waals surface area contributed by atoms with Crippen LogP contribution in [0.3, 0.4) is 0 Å². The number of carbonyl (C=O) groups is 1. The van der Waals surface area contributed by atoms with Gasteiger partial charge in [-0.3, -0.25) is 4.79 Å². The Balaban J connectivity index is 2.28. The predicted octanol–water partition coefficient (Wildman–Crippen LogP) is 1.28. The van der Waals surface area contributed by atoms with Gasteiger partial charge in [0.2, 0.25) is 0 Å². The molecule has 0 unspecified atom stereocenters. The Bertz CT molecular complexity index is 485. The van der Waals surface area contributed by atoms with Crippen LogP contribution in [0.2, 0.25) is 0 Å². The second-order valence-corrected chi connectivity index (χ2v) is 4.09. The van der Waals surface area contributed by atoms with E-state index in [4.69, 9.17) is 4.74 Å². The van der Waals surface area contributed by atoms with Crippen LogP contribution in [-0.2, 0) is 10.9 Å². The van der Waals surface area contributed by atoms with Gasteiger partial charge in [0.05, 0.1) is 13.2 Å². The Labute approximate surface area is 107 Å². The number of hydrogen-bond donors (Lipinski definition) is 0. The highest BCUT2D eigenvalue weighted by atomic mass is 19.4. The molecular weight excluding hydrogens is 263 g/mol. The minimum atomic E-state index is -4.59. The summed E-state index contributed by atoms with van der Waals surface area (Å²) < 4.78 is 42.9. The van der Waals surface area contributed by atoms with Gasteiger partial charge in [-0.25, -0.2) is 9.97 Å². The average Bonchev–Trinajstić information content (AvgIpc) is 2.37. The monoisotopic (exact) mass is 275 g/mol. The van der Waals surface area contributed by atoms with Crippen LogP contribution < -0.4 is 0 Å². The largest absolute Gasteiger partial charge is 0.433 e. The zero-order valence-corrected chi connectivity index (χ0v) is 10.2. The van der Waals surface area contributed by atoms with E-state index in [1.54, 1.807) is 0 Å². The lowest BCUT2D eigenvalue weighted by molar-refractivity contribution is -0.141. The molecule has 1 aromatic heterocycles. The smallest absolute Gasteiger partial charge is 0.378 e. The topological polar surface area (TPSA) is 55.3 Å². The van der Waals surface area contributed by atoms with Gasteiger partial charge in [-0.1, -0.05) is 0 Å². The van der Waals surface area contributed by atoms with Crippen molar-refractivity contribution in [1.82, 2.24) is 14.9 Å². The van der Waals surface area contributed by atoms with Crippen LogP contribution in [0, 0.1) is 6.92 Å². The van der Waals surface area contributed by atoms with Crippen molar-refractivity contribution in [3.05, 3.63) is 23.3 Å². The molecule has 0 radical (unpaired) electrons. The third-order valence-corrected chi connectivity index (χ3v) is 2.65. The van der Waals surface area contributed by atoms with Crippen LogP contribution in [-0.4, -0.2) is 47.1 Å². The molecule has 1 saturated heterocycles. The van der Waals surface area contributed by atoms with Crippen LogP contribution in [0.1, 0.15) is 22.0 Å². The average molecular weight is 275 g/mol. The van der Waals surface area contributed by atoms with E-state index in [-0.39, 0.29) is 11.5 Å². The number of nitrogens with zero attached hydrogens (tertiary/aromatic N) is 3. The van der Waals surface area contributed by atoms with Crippen molar-refractivity contribution in [2.24, 2.45) is 0 Å². The Morgan fingerprint density at radius 2 is 1.95 bits per heavy atom. The van der Waals surface area contributed by atoms with E-state index in [1.165, 1.54) is 11.8 Å². The molecule has 1 aliphatic rings. The van der Waals surface area contributed by atoms with Crippen LogP contribution in [0.25, 0.3) is 0 Å². The maximum absolute atomic E-state index is 12.6. The standard InChI is InChI=1S/C11H12F3N3O2/c1-7-15-8(6-9(16-7)11(12,13)14)10(18)17-2-4-19-5-3-17/h6H,2-5H2,1H3. The van der Waals surface area contributed by atoms with E-state index in [0.717, 1.165) is 0 Å². The summed E-state index contributed by atoms with van der Waals surface area (Å²) in [7, 11) is 0. The van der Waals surface area contributed by atoms with E-state index < -0.39 is 17.8 Å². The highest BCUT2D eigenvalue weighted by molar-refractivity contribution is 5.92. The van der Waals surface area contributed by atoms with E-state index >= 15 is 0 Å². The molecule has 0 N–H and O–H groups in total. The maximum atomic E-state index is 12.6. The molecule has 0 aromatic carbocycles. The molecule has 0 bridgehead atoms. The zero-order chi connectivity index (χ0) is 14.0. The quantitative estimate of drug-likeness (QED) is 0.774. The van der Waals surface area contributed by atoms with Crippen molar-refractivity contribution >= 4 is 5.91 Å². The molecule has 2 rings (SSSR count). The Morgan fingerprint density at radius 1 is 1.32 bits per heavy atom. The summed E-state index contributed by atoms with van der Waals surface area (Å²) in [6, 6.07) is 0.685. The number of halogens is 3. The molecule has 1 amide bonds. The first-order valence-corrected chi connectivity index (χ1v) is 5.68. The maximum Gasteiger partial charge on any atom is 0.433 e. The molecule has 19 heavy (non-hydrogen) atoms. The first kappa shape index (κ1) is 13.7. The molecule has 0 spiro atoms. The molecular formula is C11H12F3N3O2. The highest BCUT2D eigenvalue weighted by Gasteiger charge is 2.34. The summed E-state index contributed by atoms with van der Waals surface area (Å²) in [5.74, 6) is -0.606. The number of aryl methyl sites for hydroxylation is 1. The number of morpholine rings is 1. The first-order valence-electron chi connectivity index (χ1n) is 5.68. The normalized spacial score (nSPS) is 16.5. The van der Waals surface area contributed by atoms with E-state index in [1.807, 2.05) is 0 Å². The highest BCUT2D eigenvalue weighted by Crippen LogP contribution is 2.28. The Kier molecular flexibility index (Phi) is 3.70. The number of rotatable bonds is 1. The summed E-state index contributed by atoms with van der Waals surface area (Å²) in [5.41, 5.74) is -1.33. The predicted molar refractivity (Wildman–Crippen MR) is 58.5 cm³/mol. The van der Waals surface area contributed by atoms with E-state index in [0.29, 0.717) is 32.4 Å². The summed E-state index contributed by atoms with van der Waals surface area (Å²) in [5, 5.41) is 0. The van der Waals surface area contributed by atoms with Gasteiger partial charge in [-0.2, -0.15) is 13.2 Å². The number of carbonyl (C=O) groups excluding carboxylic acids is 1. The summed E-state index contributed by atoms with van der Waals surface area (Å²) >= 11 is 0. The molecule has 1 aliphatic heterocycles. The molecule has 1 fully saturated rings. The van der Waals surface area contributed by atoms with Crippen LogP contribution in [0.15, 0.2) is 6.07 Å². The lowest BCUT2D eigenvalue weighted by atomic mass is 10.2. The lowest BCUT2D eigenvalue weighted by Crippen LogP contribution is -2.41. The SMILES string of the molecule is Cc1nc(C(=O)N2CCOCC2)cc(C(F)(F)F)n1. The lowest BCUT2D eigenvalue weighted by Gasteiger charge is -2.26. The summed E-state index contributed by atoms with van der Waals surface area (Å²) in [6.07, 6.45) is -4.59. The number of amides is 1. The minimum Gasteiger partial charge on any atom is -0.378 e. The van der Waals surface area contributed by atoms with Gasteiger partial charge in [-0.05, 0) is 6.92 Å². The first-order chi connectivity index (χ1) is 8.88. The fraction of sp³-hybridized carbons (Fsp3) is 0.545. The molecule has 2 heterocycles. The van der Waals surface area contributed by atoms with Crippen LogP contribution >= 0.6 is 0 Å². The van der Waals surface area contributed by atoms with Crippen molar-refractivity contribution in [3.63, 3.8) is 0 Å². The van der Waals surface area contributed by atoms with E-state index in [9.17, 15) is 18.0 Å². The number of hydrogen-bond acceptors (Lipinski definition) is 4. The third kappa shape index (κ3) is 3.19. The van der Waals surface area contributed by atoms with Gasteiger partial charge in [-0.15, -0.1) is 0 Å². The number of ether oxygens (including phenoxy) is 1. The number of aromatic nitrogens is 2. The minimum absolute atomic E-state index is 0.0774. The zero-order valence-electron chi connectivity index (χ0n) is 10.2. The molecule has 0 aliphatic carbocycles. The van der Waals surface area contributed by atoms with Crippen molar-refractivity contribution in [2.75, 3.05) is 26.3 Å². The van der Waals surface area contributed by atoms with Gasteiger partial charge in [0.25, 0.3) is 5.91 Å². The van der Waals surface area contributed by atoms with E-state index in [2.05, 4.69) is 9.97 Å². The van der Waals surface area contributed by atoms with Crippen LogP contribution in [0.5, 0.6) is 0 Å². The number of alkyl halides is 3. The van der Waals surface area contributed by atoms with Gasteiger partial charge in [0.1, 0.15) is 17.2 Å². The van der Waals surface area contributed by atoms with Crippen molar-refractivity contribution in [3.8, 4) is 0 Å². The fourth-order valence-corrected chi connectivity index (χ4v) is 1.75. The Hall–Kier alpha value is -1.70. The van der Waals surface area contributed by atoms with Gasteiger partial charge >= 0.3 is 6.18 Å². The van der Waals surface area contributed by atoms with Gasteiger partial charge in [0.15, 0.2) is 0 Å². The van der Waals surface area contributed by atoms with Crippen molar-refractivity contribution < 1.29 is 22.7 Å². The van der Waals surface area contributed by atoms with Crippen molar-refractivity contribution in [1.29, 1.82) is 0 Å². The van der Waals surface area contributed by atoms with Gasteiger partial charge in [0, 0.05) is 19.2 Å². The van der Waals surface area contributed by atoms with Crippen LogP contribution in [0.4, 0.5) is 13.2 Å². The van der Waals surface area contributed by atoms with Crippen molar-refractivity contribution in [2.45, 2.75) is 13.1 Å².